The van der Waals surface area contributed by atoms with E-state index in [0.29, 0.717) is 22.8 Å². The number of hydrazone groups is 1. The lowest BCUT2D eigenvalue weighted by Crippen LogP contribution is -2.26. The van der Waals surface area contributed by atoms with Gasteiger partial charge in [-0.05, 0) is 41.1 Å². The topological polar surface area (TPSA) is 122 Å². The van der Waals surface area contributed by atoms with Crippen molar-refractivity contribution in [3.05, 3.63) is 46.5 Å². The molecule has 10 heteroatoms. The molecule has 2 aromatic heterocycles. The summed E-state index contributed by atoms with van der Waals surface area (Å²) in [5.74, 6) is 4.22. The fraction of sp³-hybridized carbons (Fsp3) is 0.133. The first-order valence-electron chi connectivity index (χ1n) is 6.98. The zero-order valence-corrected chi connectivity index (χ0v) is 15.4. The lowest BCUT2D eigenvalue weighted by molar-refractivity contribution is -0.114. The molecule has 0 unspecified atom stereocenters. The normalized spacial score (nSPS) is 11.1. The Labute approximate surface area is 157 Å². The number of carbonyl (C=O) groups is 2. The number of pyridine rings is 2. The van der Waals surface area contributed by atoms with E-state index in [4.69, 9.17) is 17.4 Å². The minimum atomic E-state index is -0.553. The molecule has 0 aliphatic carbocycles. The summed E-state index contributed by atoms with van der Waals surface area (Å²) in [6, 6.07) is 4.89. The van der Waals surface area contributed by atoms with Crippen LogP contribution in [-0.2, 0) is 9.59 Å². The molecule has 8 nitrogen and oxygen atoms in total. The molecular formula is C15H14BrClN6O2. The fourth-order valence-electron chi connectivity index (χ4n) is 1.86. The van der Waals surface area contributed by atoms with E-state index in [1.54, 1.807) is 25.1 Å². The molecule has 2 aromatic rings. The van der Waals surface area contributed by atoms with Gasteiger partial charge in [0, 0.05) is 10.7 Å². The second kappa shape index (κ2) is 8.54. The number of nitrogens with zero attached hydrogens (tertiary/aromatic N) is 3. The van der Waals surface area contributed by atoms with Crippen molar-refractivity contribution in [2.24, 2.45) is 10.9 Å². The summed E-state index contributed by atoms with van der Waals surface area (Å²) >= 11 is 8.72. The van der Waals surface area contributed by atoms with Gasteiger partial charge in [0.05, 0.1) is 29.0 Å². The number of aryl methyl sites for hydroxylation is 1. The third-order valence-electron chi connectivity index (χ3n) is 3.05. The molecule has 2 rings (SSSR count). The average Bonchev–Trinajstić information content (AvgIpc) is 2.60. The van der Waals surface area contributed by atoms with Gasteiger partial charge in [-0.25, -0.2) is 0 Å². The number of amides is 2. The molecule has 0 aliphatic rings. The zero-order chi connectivity index (χ0) is 18.4. The maximum atomic E-state index is 12.5. The summed E-state index contributed by atoms with van der Waals surface area (Å²) in [6.07, 6.45) is 2.99. The number of nitrogens with two attached hydrogens (primary N) is 1. The number of hydrogen-bond donors (Lipinski definition) is 3. The van der Waals surface area contributed by atoms with Crippen molar-refractivity contribution in [1.29, 1.82) is 0 Å². The van der Waals surface area contributed by atoms with E-state index in [1.807, 2.05) is 0 Å². The smallest absolute Gasteiger partial charge is 0.278 e. The van der Waals surface area contributed by atoms with Crippen molar-refractivity contribution in [3.63, 3.8) is 0 Å². The van der Waals surface area contributed by atoms with Crippen LogP contribution in [0.4, 0.5) is 11.4 Å². The first kappa shape index (κ1) is 18.8. The van der Waals surface area contributed by atoms with Crippen LogP contribution in [0, 0.1) is 6.92 Å². The summed E-state index contributed by atoms with van der Waals surface area (Å²) < 4.78 is 0.760. The average molecular weight is 426 g/mol. The van der Waals surface area contributed by atoms with Crippen LogP contribution in [0.3, 0.4) is 0 Å². The van der Waals surface area contributed by atoms with E-state index in [0.717, 1.165) is 4.47 Å². The van der Waals surface area contributed by atoms with Crippen LogP contribution in [-0.4, -0.2) is 33.4 Å². The maximum Gasteiger partial charge on any atom is 0.278 e. The van der Waals surface area contributed by atoms with Crippen LogP contribution in [0.25, 0.3) is 0 Å². The highest BCUT2D eigenvalue weighted by Gasteiger charge is 2.17. The molecule has 0 aliphatic heterocycles. The molecule has 0 fully saturated rings. The van der Waals surface area contributed by atoms with Crippen molar-refractivity contribution in [1.82, 2.24) is 9.97 Å². The van der Waals surface area contributed by atoms with Gasteiger partial charge in [-0.15, -0.1) is 11.6 Å². The van der Waals surface area contributed by atoms with E-state index < -0.39 is 5.91 Å². The van der Waals surface area contributed by atoms with E-state index in [1.165, 1.54) is 12.4 Å². The number of halogens is 2. The molecule has 0 atom stereocenters. The minimum Gasteiger partial charge on any atom is -0.324 e. The van der Waals surface area contributed by atoms with E-state index >= 15 is 0 Å². The van der Waals surface area contributed by atoms with Gasteiger partial charge >= 0.3 is 0 Å². The predicted molar refractivity (Wildman–Crippen MR) is 99.6 cm³/mol. The molecule has 130 valence electrons. The van der Waals surface area contributed by atoms with Crippen LogP contribution in [0.5, 0.6) is 0 Å². The maximum absolute atomic E-state index is 12.5. The highest BCUT2D eigenvalue weighted by atomic mass is 79.9. The Balaban J connectivity index is 2.22. The van der Waals surface area contributed by atoms with E-state index in [9.17, 15) is 9.59 Å². The molecule has 25 heavy (non-hydrogen) atoms. The van der Waals surface area contributed by atoms with Crippen LogP contribution in [0.2, 0.25) is 0 Å². The van der Waals surface area contributed by atoms with Gasteiger partial charge in [-0.3, -0.25) is 19.6 Å². The Kier molecular flexibility index (Phi) is 6.43. The Morgan fingerprint density at radius 3 is 2.64 bits per heavy atom. The van der Waals surface area contributed by atoms with Crippen LogP contribution < -0.4 is 16.5 Å². The van der Waals surface area contributed by atoms with Gasteiger partial charge in [-0.1, -0.05) is 0 Å². The molecule has 0 radical (unpaired) electrons. The largest absolute Gasteiger partial charge is 0.324 e. The molecule has 0 bridgehead atoms. The third kappa shape index (κ3) is 4.97. The summed E-state index contributed by atoms with van der Waals surface area (Å²) in [7, 11) is 0. The number of nitrogens with one attached hydrogen (secondary N) is 2. The summed E-state index contributed by atoms with van der Waals surface area (Å²) in [4.78, 5) is 32.0. The predicted octanol–water partition coefficient (Wildman–Crippen LogP) is 2.03. The van der Waals surface area contributed by atoms with E-state index in [-0.39, 0.29) is 17.5 Å². The molecule has 0 saturated heterocycles. The van der Waals surface area contributed by atoms with Crippen molar-refractivity contribution in [2.45, 2.75) is 6.92 Å². The number of carbonyl (C=O) groups excluding carboxylic acids is 2. The monoisotopic (exact) mass is 424 g/mol. The molecule has 0 aromatic carbocycles. The quantitative estimate of drug-likeness (QED) is 0.293. The van der Waals surface area contributed by atoms with E-state index in [2.05, 4.69) is 41.6 Å². The third-order valence-corrected chi connectivity index (χ3v) is 3.77. The van der Waals surface area contributed by atoms with Crippen molar-refractivity contribution in [3.8, 4) is 0 Å². The Bertz CT molecular complexity index is 825. The second-order valence-corrected chi connectivity index (χ2v) is 6.02. The lowest BCUT2D eigenvalue weighted by Gasteiger charge is -2.11. The molecular weight excluding hydrogens is 412 g/mol. The highest BCUT2D eigenvalue weighted by molar-refractivity contribution is 9.10. The summed E-state index contributed by atoms with van der Waals surface area (Å²) in [5, 5.41) is 8.73. The van der Waals surface area contributed by atoms with Gasteiger partial charge in [0.2, 0.25) is 5.91 Å². The SMILES string of the molecule is Cc1ncc(NC(=O)CCl)cc1NC(=O)C(=NN)c1ccc(Br)cn1. The summed E-state index contributed by atoms with van der Waals surface area (Å²) in [5.41, 5.74) is 1.63. The van der Waals surface area contributed by atoms with Gasteiger partial charge < -0.3 is 16.5 Å². The first-order chi connectivity index (χ1) is 11.9. The second-order valence-electron chi connectivity index (χ2n) is 4.83. The number of alkyl halides is 1. The van der Waals surface area contributed by atoms with Crippen LogP contribution in [0.15, 0.2) is 40.2 Å². The fourth-order valence-corrected chi connectivity index (χ4v) is 2.16. The van der Waals surface area contributed by atoms with Gasteiger partial charge in [-0.2, -0.15) is 5.10 Å². The molecule has 2 heterocycles. The molecule has 2 amide bonds. The standard InChI is InChI=1S/C15H14BrClN6O2/c1-8-12(4-10(7-19-8)21-13(24)5-17)22-15(25)14(23-18)11-3-2-9(16)6-20-11/h2-4,6-7H,5,18H2,1H3,(H,21,24)(H,22,25). The Morgan fingerprint density at radius 1 is 1.28 bits per heavy atom. The molecule has 4 N–H and O–H groups in total. The van der Waals surface area contributed by atoms with Crippen LogP contribution in [0.1, 0.15) is 11.4 Å². The van der Waals surface area contributed by atoms with Crippen molar-refractivity contribution in [2.75, 3.05) is 16.5 Å². The van der Waals surface area contributed by atoms with Crippen molar-refractivity contribution < 1.29 is 9.59 Å². The van der Waals surface area contributed by atoms with Gasteiger partial charge in [0.25, 0.3) is 5.91 Å². The van der Waals surface area contributed by atoms with Crippen LogP contribution >= 0.6 is 27.5 Å². The first-order valence-corrected chi connectivity index (χ1v) is 8.31. The zero-order valence-electron chi connectivity index (χ0n) is 13.1. The highest BCUT2D eigenvalue weighted by Crippen LogP contribution is 2.18. The number of anilines is 2. The Hall–Kier alpha value is -2.52. The minimum absolute atomic E-state index is 0.0397. The number of hydrogen-bond acceptors (Lipinski definition) is 6. The van der Waals surface area contributed by atoms with Crippen molar-refractivity contribution >= 4 is 56.4 Å². The Morgan fingerprint density at radius 2 is 2.04 bits per heavy atom. The summed E-state index contributed by atoms with van der Waals surface area (Å²) in [6.45, 7) is 1.71. The van der Waals surface area contributed by atoms with Gasteiger partial charge in [0.15, 0.2) is 5.71 Å². The number of aromatic nitrogens is 2. The number of rotatable bonds is 5. The molecule has 0 saturated carbocycles. The van der Waals surface area contributed by atoms with Gasteiger partial charge in [0.1, 0.15) is 5.88 Å². The molecule has 0 spiro atoms. The lowest BCUT2D eigenvalue weighted by atomic mass is 10.2.